The number of carboxylic acid groups (broad SMARTS) is 1. The number of hydrogen-bond donors (Lipinski definition) is 1. The summed E-state index contributed by atoms with van der Waals surface area (Å²) in [5.74, 6) is 0.165. The first-order valence-electron chi connectivity index (χ1n) is 6.39. The monoisotopic (exact) mass is 249 g/mol. The van der Waals surface area contributed by atoms with Crippen molar-refractivity contribution in [1.29, 1.82) is 0 Å². The first-order chi connectivity index (χ1) is 8.68. The van der Waals surface area contributed by atoms with Gasteiger partial charge in [-0.15, -0.1) is 0 Å². The summed E-state index contributed by atoms with van der Waals surface area (Å²) in [6, 6.07) is 8.17. The molecule has 0 spiro atoms. The van der Waals surface area contributed by atoms with Crippen LogP contribution in [0.15, 0.2) is 24.3 Å². The largest absolute Gasteiger partial charge is 0.491 e. The van der Waals surface area contributed by atoms with Crippen LogP contribution in [0.2, 0.25) is 0 Å². The number of hydrogen-bond acceptors (Lipinski definition) is 3. The minimum absolute atomic E-state index is 0.209. The summed E-state index contributed by atoms with van der Waals surface area (Å²) >= 11 is 0. The van der Waals surface area contributed by atoms with Gasteiger partial charge in [-0.1, -0.05) is 12.1 Å². The van der Waals surface area contributed by atoms with Crippen molar-refractivity contribution in [3.8, 4) is 5.75 Å². The Labute approximate surface area is 107 Å². The van der Waals surface area contributed by atoms with Gasteiger partial charge in [-0.25, -0.2) is 0 Å². The molecule has 1 atom stereocenters. The van der Waals surface area contributed by atoms with E-state index in [0.717, 1.165) is 31.0 Å². The van der Waals surface area contributed by atoms with Crippen LogP contribution in [0, 0.1) is 0 Å². The van der Waals surface area contributed by atoms with Gasteiger partial charge in [0.05, 0.1) is 12.3 Å². The van der Waals surface area contributed by atoms with E-state index < -0.39 is 5.97 Å². The van der Waals surface area contributed by atoms with Crippen LogP contribution in [-0.2, 0) is 4.79 Å². The highest BCUT2D eigenvalue weighted by atomic mass is 16.5. The molecule has 0 saturated carbocycles. The van der Waals surface area contributed by atoms with Crippen molar-refractivity contribution in [2.24, 2.45) is 0 Å². The van der Waals surface area contributed by atoms with E-state index >= 15 is 0 Å². The van der Waals surface area contributed by atoms with E-state index in [1.807, 2.05) is 24.3 Å². The van der Waals surface area contributed by atoms with Gasteiger partial charge in [0.15, 0.2) is 0 Å². The molecule has 0 aliphatic carbocycles. The van der Waals surface area contributed by atoms with Crippen molar-refractivity contribution in [3.63, 3.8) is 0 Å². The quantitative estimate of drug-likeness (QED) is 0.890. The number of fused-ring (bicyclic) bond motifs is 1. The minimum atomic E-state index is -0.735. The lowest BCUT2D eigenvalue weighted by Crippen LogP contribution is -2.34. The lowest BCUT2D eigenvalue weighted by atomic mass is 10.1. The van der Waals surface area contributed by atoms with Crippen LogP contribution in [0.3, 0.4) is 0 Å². The summed E-state index contributed by atoms with van der Waals surface area (Å²) in [6.07, 6.45) is 1.83. The van der Waals surface area contributed by atoms with Crippen LogP contribution in [0.4, 0.5) is 5.69 Å². The van der Waals surface area contributed by atoms with Crippen LogP contribution in [0.1, 0.15) is 26.2 Å². The minimum Gasteiger partial charge on any atom is -0.491 e. The predicted octanol–water partition coefficient (Wildman–Crippen LogP) is 2.53. The molecule has 18 heavy (non-hydrogen) atoms. The third-order valence-electron chi connectivity index (χ3n) is 3.28. The van der Waals surface area contributed by atoms with Gasteiger partial charge in [0.2, 0.25) is 0 Å². The molecule has 4 nitrogen and oxygen atoms in total. The normalized spacial score (nSPS) is 16.4. The number of carboxylic acids is 1. The van der Waals surface area contributed by atoms with E-state index in [0.29, 0.717) is 6.42 Å². The van der Waals surface area contributed by atoms with Crippen LogP contribution in [0.5, 0.6) is 5.75 Å². The number of nitrogens with zero attached hydrogens (tertiary/aromatic N) is 1. The molecular weight excluding hydrogens is 230 g/mol. The summed E-state index contributed by atoms with van der Waals surface area (Å²) in [6.45, 7) is 3.71. The molecule has 1 aromatic rings. The number of rotatable bonds is 4. The van der Waals surface area contributed by atoms with Crippen molar-refractivity contribution in [3.05, 3.63) is 24.3 Å². The molecule has 0 amide bonds. The fraction of sp³-hybridized carbons (Fsp3) is 0.500. The highest BCUT2D eigenvalue weighted by Gasteiger charge is 2.20. The Hall–Kier alpha value is -1.71. The molecule has 98 valence electrons. The van der Waals surface area contributed by atoms with Crippen LogP contribution < -0.4 is 9.64 Å². The van der Waals surface area contributed by atoms with E-state index in [4.69, 9.17) is 9.84 Å². The molecule has 1 N–H and O–H groups in total. The number of aliphatic carboxylic acids is 1. The Kier molecular flexibility index (Phi) is 4.07. The zero-order chi connectivity index (χ0) is 13.0. The molecule has 1 aliphatic rings. The Morgan fingerprint density at radius 1 is 1.50 bits per heavy atom. The SMILES string of the molecule is CC(CCC(=O)O)N1CCCOc2ccccc21. The molecule has 0 aromatic heterocycles. The molecule has 4 heteroatoms. The first-order valence-corrected chi connectivity index (χ1v) is 6.39. The lowest BCUT2D eigenvalue weighted by Gasteiger charge is -2.30. The molecule has 1 unspecified atom stereocenters. The summed E-state index contributed by atoms with van der Waals surface area (Å²) in [5, 5.41) is 8.77. The van der Waals surface area contributed by atoms with Crippen molar-refractivity contribution in [1.82, 2.24) is 0 Å². The number of ether oxygens (including phenoxy) is 1. The van der Waals surface area contributed by atoms with E-state index in [2.05, 4.69) is 11.8 Å². The zero-order valence-corrected chi connectivity index (χ0v) is 10.6. The van der Waals surface area contributed by atoms with Gasteiger partial charge in [-0.05, 0) is 31.9 Å². The molecule has 0 bridgehead atoms. The second kappa shape index (κ2) is 5.76. The Morgan fingerprint density at radius 2 is 2.28 bits per heavy atom. The summed E-state index contributed by atoms with van der Waals surface area (Å²) in [5.41, 5.74) is 1.08. The lowest BCUT2D eigenvalue weighted by molar-refractivity contribution is -0.137. The number of para-hydroxylation sites is 2. The fourth-order valence-electron chi connectivity index (χ4n) is 2.30. The van der Waals surface area contributed by atoms with Crippen LogP contribution in [0.25, 0.3) is 0 Å². The number of anilines is 1. The molecule has 0 fully saturated rings. The standard InChI is InChI=1S/C14H19NO3/c1-11(7-8-14(16)17)15-9-4-10-18-13-6-3-2-5-12(13)15/h2-3,5-6,11H,4,7-10H2,1H3,(H,16,17). The van der Waals surface area contributed by atoms with Crippen LogP contribution >= 0.6 is 0 Å². The highest BCUT2D eigenvalue weighted by molar-refractivity contribution is 5.67. The summed E-state index contributed by atoms with van der Waals surface area (Å²) < 4.78 is 5.70. The molecular formula is C14H19NO3. The first kappa shape index (κ1) is 12.7. The topological polar surface area (TPSA) is 49.8 Å². The fourth-order valence-corrected chi connectivity index (χ4v) is 2.30. The number of carbonyl (C=O) groups is 1. The van der Waals surface area contributed by atoms with Crippen molar-refractivity contribution in [2.75, 3.05) is 18.1 Å². The van der Waals surface area contributed by atoms with Crippen molar-refractivity contribution in [2.45, 2.75) is 32.2 Å². The number of benzene rings is 1. The average molecular weight is 249 g/mol. The molecule has 1 heterocycles. The summed E-state index contributed by atoms with van der Waals surface area (Å²) in [7, 11) is 0. The van der Waals surface area contributed by atoms with Gasteiger partial charge >= 0.3 is 5.97 Å². The van der Waals surface area contributed by atoms with Gasteiger partial charge in [-0.3, -0.25) is 4.79 Å². The average Bonchev–Trinajstić information content (AvgIpc) is 2.58. The third-order valence-corrected chi connectivity index (χ3v) is 3.28. The molecule has 1 aromatic carbocycles. The highest BCUT2D eigenvalue weighted by Crippen LogP contribution is 2.32. The zero-order valence-electron chi connectivity index (χ0n) is 10.6. The van der Waals surface area contributed by atoms with E-state index in [-0.39, 0.29) is 12.5 Å². The molecule has 0 radical (unpaired) electrons. The predicted molar refractivity (Wildman–Crippen MR) is 70.2 cm³/mol. The van der Waals surface area contributed by atoms with E-state index in [1.54, 1.807) is 0 Å². The second-order valence-corrected chi connectivity index (χ2v) is 4.64. The maximum Gasteiger partial charge on any atom is 0.303 e. The molecule has 0 saturated heterocycles. The third kappa shape index (κ3) is 2.94. The molecule has 1 aliphatic heterocycles. The van der Waals surface area contributed by atoms with Crippen molar-refractivity contribution < 1.29 is 14.6 Å². The van der Waals surface area contributed by atoms with Gasteiger partial charge in [0.25, 0.3) is 0 Å². The van der Waals surface area contributed by atoms with Gasteiger partial charge < -0.3 is 14.7 Å². The van der Waals surface area contributed by atoms with Crippen LogP contribution in [-0.4, -0.2) is 30.3 Å². The summed E-state index contributed by atoms with van der Waals surface area (Å²) in [4.78, 5) is 12.9. The Morgan fingerprint density at radius 3 is 3.06 bits per heavy atom. The Balaban J connectivity index is 2.14. The van der Waals surface area contributed by atoms with Gasteiger partial charge in [0.1, 0.15) is 5.75 Å². The maximum atomic E-state index is 10.7. The van der Waals surface area contributed by atoms with Gasteiger partial charge in [0, 0.05) is 19.0 Å². The second-order valence-electron chi connectivity index (χ2n) is 4.64. The van der Waals surface area contributed by atoms with Gasteiger partial charge in [-0.2, -0.15) is 0 Å². The van der Waals surface area contributed by atoms with E-state index in [1.165, 1.54) is 0 Å². The smallest absolute Gasteiger partial charge is 0.303 e. The van der Waals surface area contributed by atoms with Crippen molar-refractivity contribution >= 4 is 11.7 Å². The Bertz CT molecular complexity index is 419. The molecule has 2 rings (SSSR count). The van der Waals surface area contributed by atoms with E-state index in [9.17, 15) is 4.79 Å². The maximum absolute atomic E-state index is 10.7.